The SMILES string of the molecule is N#Cc1cnc2ccc(OC(F)F)cc2c1N1CCC(NC(N)=O)C1. The number of fused-ring (bicyclic) bond motifs is 1. The molecule has 130 valence electrons. The van der Waals surface area contributed by atoms with Crippen LogP contribution in [0.3, 0.4) is 0 Å². The zero-order valence-corrected chi connectivity index (χ0v) is 13.1. The number of benzene rings is 1. The highest BCUT2D eigenvalue weighted by atomic mass is 19.3. The summed E-state index contributed by atoms with van der Waals surface area (Å²) in [6.07, 6.45) is 2.10. The summed E-state index contributed by atoms with van der Waals surface area (Å²) >= 11 is 0. The normalized spacial score (nSPS) is 16.9. The van der Waals surface area contributed by atoms with Crippen molar-refractivity contribution in [1.29, 1.82) is 5.26 Å². The van der Waals surface area contributed by atoms with Crippen molar-refractivity contribution in [3.63, 3.8) is 0 Å². The van der Waals surface area contributed by atoms with Crippen LogP contribution in [0.4, 0.5) is 19.3 Å². The van der Waals surface area contributed by atoms with Crippen molar-refractivity contribution in [2.45, 2.75) is 19.1 Å². The second-order valence-electron chi connectivity index (χ2n) is 5.63. The van der Waals surface area contributed by atoms with Crippen molar-refractivity contribution in [2.24, 2.45) is 5.73 Å². The molecule has 25 heavy (non-hydrogen) atoms. The molecule has 2 heterocycles. The summed E-state index contributed by atoms with van der Waals surface area (Å²) in [6.45, 7) is -1.90. The highest BCUT2D eigenvalue weighted by Gasteiger charge is 2.27. The summed E-state index contributed by atoms with van der Waals surface area (Å²) in [5.41, 5.74) is 6.61. The molecule has 0 saturated carbocycles. The van der Waals surface area contributed by atoms with Gasteiger partial charge in [0.25, 0.3) is 0 Å². The van der Waals surface area contributed by atoms with Gasteiger partial charge in [0.05, 0.1) is 16.8 Å². The van der Waals surface area contributed by atoms with E-state index < -0.39 is 12.6 Å². The summed E-state index contributed by atoms with van der Waals surface area (Å²) in [5.74, 6) is -0.00773. The number of aromatic nitrogens is 1. The zero-order chi connectivity index (χ0) is 18.0. The lowest BCUT2D eigenvalue weighted by molar-refractivity contribution is -0.0497. The second-order valence-corrected chi connectivity index (χ2v) is 5.63. The van der Waals surface area contributed by atoms with Gasteiger partial charge >= 0.3 is 12.6 Å². The van der Waals surface area contributed by atoms with Gasteiger partial charge in [-0.2, -0.15) is 14.0 Å². The van der Waals surface area contributed by atoms with E-state index >= 15 is 0 Å². The quantitative estimate of drug-likeness (QED) is 0.880. The third-order valence-electron chi connectivity index (χ3n) is 4.01. The van der Waals surface area contributed by atoms with Crippen LogP contribution in [0.5, 0.6) is 5.75 Å². The first-order valence-electron chi connectivity index (χ1n) is 7.56. The van der Waals surface area contributed by atoms with Crippen molar-refractivity contribution < 1.29 is 18.3 Å². The van der Waals surface area contributed by atoms with Crippen LogP contribution in [0.1, 0.15) is 12.0 Å². The first kappa shape index (κ1) is 16.7. The zero-order valence-electron chi connectivity index (χ0n) is 13.1. The van der Waals surface area contributed by atoms with E-state index in [2.05, 4.69) is 21.1 Å². The number of rotatable bonds is 4. The first-order valence-corrected chi connectivity index (χ1v) is 7.56. The molecule has 2 aromatic rings. The fraction of sp³-hybridized carbons (Fsp3) is 0.312. The molecule has 1 aliphatic heterocycles. The number of nitriles is 1. The third-order valence-corrected chi connectivity index (χ3v) is 4.01. The third kappa shape index (κ3) is 3.52. The predicted octanol–water partition coefficient (Wildman–Crippen LogP) is 1.95. The minimum atomic E-state index is -2.94. The van der Waals surface area contributed by atoms with Gasteiger partial charge in [0.1, 0.15) is 11.8 Å². The van der Waals surface area contributed by atoms with Crippen LogP contribution in [0.2, 0.25) is 0 Å². The Morgan fingerprint density at radius 1 is 1.52 bits per heavy atom. The van der Waals surface area contributed by atoms with Crippen molar-refractivity contribution in [1.82, 2.24) is 10.3 Å². The number of carbonyl (C=O) groups is 1. The van der Waals surface area contributed by atoms with Crippen LogP contribution in [0, 0.1) is 11.3 Å². The number of anilines is 1. The van der Waals surface area contributed by atoms with E-state index in [9.17, 15) is 18.8 Å². The maximum absolute atomic E-state index is 12.5. The molecule has 1 unspecified atom stereocenters. The fourth-order valence-corrected chi connectivity index (χ4v) is 3.04. The van der Waals surface area contributed by atoms with Gasteiger partial charge < -0.3 is 20.7 Å². The second kappa shape index (κ2) is 6.76. The molecule has 2 amide bonds. The predicted molar refractivity (Wildman–Crippen MR) is 86.4 cm³/mol. The Morgan fingerprint density at radius 2 is 2.32 bits per heavy atom. The van der Waals surface area contributed by atoms with E-state index in [4.69, 9.17) is 5.73 Å². The van der Waals surface area contributed by atoms with E-state index in [0.29, 0.717) is 41.7 Å². The number of nitrogens with zero attached hydrogens (tertiary/aromatic N) is 3. The molecule has 3 N–H and O–H groups in total. The number of hydrogen-bond donors (Lipinski definition) is 2. The molecule has 1 fully saturated rings. The monoisotopic (exact) mass is 347 g/mol. The molecule has 1 aromatic heterocycles. The molecule has 0 spiro atoms. The Morgan fingerprint density at radius 3 is 3.00 bits per heavy atom. The lowest BCUT2D eigenvalue weighted by Gasteiger charge is -2.22. The molecule has 9 heteroatoms. The maximum atomic E-state index is 12.5. The summed E-state index contributed by atoms with van der Waals surface area (Å²) in [6, 6.07) is 5.73. The van der Waals surface area contributed by atoms with Gasteiger partial charge in [-0.1, -0.05) is 0 Å². The molecule has 1 saturated heterocycles. The van der Waals surface area contributed by atoms with Gasteiger partial charge in [0.2, 0.25) is 0 Å². The number of hydrogen-bond acceptors (Lipinski definition) is 5. The van der Waals surface area contributed by atoms with Crippen LogP contribution >= 0.6 is 0 Å². The lowest BCUT2D eigenvalue weighted by atomic mass is 10.1. The fourth-order valence-electron chi connectivity index (χ4n) is 3.04. The van der Waals surface area contributed by atoms with Crippen LogP contribution in [-0.4, -0.2) is 36.8 Å². The standard InChI is InChI=1S/C16H15F2N5O2/c17-15(18)25-11-1-2-13-12(5-11)14(9(6-19)7-21-13)23-4-3-10(8-23)22-16(20)24/h1-2,5,7,10,15H,3-4,8H2,(H3,20,22,24). The summed E-state index contributed by atoms with van der Waals surface area (Å²) in [7, 11) is 0. The number of nitrogens with two attached hydrogens (primary N) is 1. The Kier molecular flexibility index (Phi) is 4.52. The Hall–Kier alpha value is -3.15. The maximum Gasteiger partial charge on any atom is 0.387 e. The average Bonchev–Trinajstić information content (AvgIpc) is 3.00. The number of nitrogens with one attached hydrogen (secondary N) is 1. The number of ether oxygens (including phenoxy) is 1. The highest BCUT2D eigenvalue weighted by molar-refractivity contribution is 5.95. The summed E-state index contributed by atoms with van der Waals surface area (Å²) in [4.78, 5) is 17.1. The summed E-state index contributed by atoms with van der Waals surface area (Å²) in [5, 5.41) is 12.6. The Balaban J connectivity index is 2.02. The number of halogens is 2. The minimum absolute atomic E-state index is 0.00773. The van der Waals surface area contributed by atoms with Crippen molar-refractivity contribution in [3.05, 3.63) is 30.0 Å². The Bertz CT molecular complexity index is 852. The number of pyridine rings is 1. The number of urea groups is 1. The molecule has 7 nitrogen and oxygen atoms in total. The number of carbonyl (C=O) groups excluding carboxylic acids is 1. The van der Waals surface area contributed by atoms with E-state index in [1.54, 1.807) is 6.07 Å². The van der Waals surface area contributed by atoms with Gasteiger partial charge in [0.15, 0.2) is 0 Å². The van der Waals surface area contributed by atoms with Crippen molar-refractivity contribution in [3.8, 4) is 11.8 Å². The molecule has 0 radical (unpaired) electrons. The first-order chi connectivity index (χ1) is 12.0. The van der Waals surface area contributed by atoms with Crippen molar-refractivity contribution in [2.75, 3.05) is 18.0 Å². The minimum Gasteiger partial charge on any atom is -0.435 e. The van der Waals surface area contributed by atoms with Crippen LogP contribution in [-0.2, 0) is 0 Å². The van der Waals surface area contributed by atoms with Gasteiger partial charge in [-0.3, -0.25) is 4.98 Å². The van der Waals surface area contributed by atoms with E-state index in [1.807, 2.05) is 4.90 Å². The molecule has 0 bridgehead atoms. The molecule has 1 atom stereocenters. The van der Waals surface area contributed by atoms with E-state index in [1.165, 1.54) is 18.3 Å². The lowest BCUT2D eigenvalue weighted by Crippen LogP contribution is -2.40. The molecule has 3 rings (SSSR count). The summed E-state index contributed by atoms with van der Waals surface area (Å²) < 4.78 is 29.4. The molecule has 0 aliphatic carbocycles. The van der Waals surface area contributed by atoms with E-state index in [-0.39, 0.29) is 11.8 Å². The number of alkyl halides is 2. The van der Waals surface area contributed by atoms with Crippen LogP contribution in [0.15, 0.2) is 24.4 Å². The molecule has 1 aromatic carbocycles. The van der Waals surface area contributed by atoms with Gasteiger partial charge in [-0.15, -0.1) is 0 Å². The number of primary amides is 1. The van der Waals surface area contributed by atoms with E-state index in [0.717, 1.165) is 0 Å². The molecular formula is C16H15F2N5O2. The van der Waals surface area contributed by atoms with Crippen molar-refractivity contribution >= 4 is 22.6 Å². The van der Waals surface area contributed by atoms with Crippen LogP contribution in [0.25, 0.3) is 10.9 Å². The topological polar surface area (TPSA) is 104 Å². The largest absolute Gasteiger partial charge is 0.435 e. The Labute approximate surface area is 142 Å². The van der Waals surface area contributed by atoms with Crippen LogP contribution < -0.4 is 20.7 Å². The smallest absolute Gasteiger partial charge is 0.387 e. The number of amides is 2. The average molecular weight is 347 g/mol. The highest BCUT2D eigenvalue weighted by Crippen LogP contribution is 2.34. The van der Waals surface area contributed by atoms with Gasteiger partial charge in [-0.05, 0) is 24.6 Å². The van der Waals surface area contributed by atoms with Gasteiger partial charge in [-0.25, -0.2) is 4.79 Å². The molecular weight excluding hydrogens is 332 g/mol. The molecule has 1 aliphatic rings. The van der Waals surface area contributed by atoms with Gasteiger partial charge in [0, 0.05) is 30.7 Å².